The Kier molecular flexibility index (Phi) is 4.48. The lowest BCUT2D eigenvalue weighted by molar-refractivity contribution is -0.142. The summed E-state index contributed by atoms with van der Waals surface area (Å²) < 4.78 is 11.3. The average Bonchev–Trinajstić information content (AvgIpc) is 2.91. The van der Waals surface area contributed by atoms with Gasteiger partial charge in [-0.1, -0.05) is 18.2 Å². The first-order valence-electron chi connectivity index (χ1n) is 7.97. The molecule has 2 unspecified atom stereocenters. The van der Waals surface area contributed by atoms with Crippen LogP contribution in [-0.4, -0.2) is 41.1 Å². The van der Waals surface area contributed by atoms with Crippen LogP contribution in [0.4, 0.5) is 0 Å². The highest BCUT2D eigenvalue weighted by molar-refractivity contribution is 5.79. The molecule has 0 spiro atoms. The maximum atomic E-state index is 12.6. The number of carbonyl (C=O) groups excluding carboxylic acids is 1. The van der Waals surface area contributed by atoms with Gasteiger partial charge in [0, 0.05) is 12.1 Å². The van der Waals surface area contributed by atoms with E-state index in [1.807, 2.05) is 56.0 Å². The molecular weight excluding hydrogens is 292 g/mol. The van der Waals surface area contributed by atoms with E-state index >= 15 is 0 Å². The van der Waals surface area contributed by atoms with Gasteiger partial charge in [0.05, 0.1) is 30.9 Å². The Morgan fingerprint density at radius 1 is 1.30 bits per heavy atom. The van der Waals surface area contributed by atoms with Crippen molar-refractivity contribution in [3.8, 4) is 11.5 Å². The molecule has 122 valence electrons. The van der Waals surface area contributed by atoms with E-state index in [0.29, 0.717) is 30.5 Å². The first-order chi connectivity index (χ1) is 11.0. The summed E-state index contributed by atoms with van der Waals surface area (Å²) in [5.74, 6) is 1.34. The fourth-order valence-corrected chi connectivity index (χ4v) is 2.79. The lowest BCUT2D eigenvalue weighted by Crippen LogP contribution is -2.50. The molecule has 3 rings (SSSR count). The largest absolute Gasteiger partial charge is 0.441 e. The van der Waals surface area contributed by atoms with Crippen LogP contribution in [0.15, 0.2) is 34.7 Å². The molecule has 23 heavy (non-hydrogen) atoms. The number of aryl methyl sites for hydroxylation is 1. The van der Waals surface area contributed by atoms with Gasteiger partial charge in [-0.15, -0.1) is 0 Å². The van der Waals surface area contributed by atoms with Gasteiger partial charge in [0.2, 0.25) is 11.8 Å². The van der Waals surface area contributed by atoms with Crippen LogP contribution < -0.4 is 0 Å². The molecule has 0 N–H and O–H groups in total. The second-order valence-corrected chi connectivity index (χ2v) is 6.10. The monoisotopic (exact) mass is 314 g/mol. The van der Waals surface area contributed by atoms with Crippen LogP contribution in [0, 0.1) is 6.92 Å². The highest BCUT2D eigenvalue weighted by Gasteiger charge is 2.28. The fourth-order valence-electron chi connectivity index (χ4n) is 2.79. The quantitative estimate of drug-likeness (QED) is 0.874. The molecule has 2 aromatic rings. The molecule has 1 aliphatic heterocycles. The van der Waals surface area contributed by atoms with E-state index in [1.54, 1.807) is 0 Å². The predicted molar refractivity (Wildman–Crippen MR) is 87.0 cm³/mol. The summed E-state index contributed by atoms with van der Waals surface area (Å²) in [6, 6.07) is 9.82. The maximum absolute atomic E-state index is 12.6. The molecule has 5 heteroatoms. The number of rotatable bonds is 3. The zero-order valence-electron chi connectivity index (χ0n) is 13.8. The summed E-state index contributed by atoms with van der Waals surface area (Å²) in [6.07, 6.45) is 0.340. The van der Waals surface area contributed by atoms with E-state index in [4.69, 9.17) is 9.15 Å². The maximum Gasteiger partial charge on any atom is 0.229 e. The molecule has 1 saturated heterocycles. The number of ether oxygens (including phenoxy) is 1. The summed E-state index contributed by atoms with van der Waals surface area (Å²) >= 11 is 0. The van der Waals surface area contributed by atoms with E-state index < -0.39 is 0 Å². The Balaban J connectivity index is 1.75. The zero-order valence-corrected chi connectivity index (χ0v) is 13.8. The van der Waals surface area contributed by atoms with Crippen LogP contribution in [0.3, 0.4) is 0 Å². The molecule has 1 aliphatic rings. The predicted octanol–water partition coefficient (Wildman–Crippen LogP) is 2.83. The summed E-state index contributed by atoms with van der Waals surface area (Å²) in [6.45, 7) is 7.06. The molecule has 1 fully saturated rings. The van der Waals surface area contributed by atoms with Crippen molar-refractivity contribution in [1.29, 1.82) is 0 Å². The number of amides is 1. The Bertz CT molecular complexity index is 681. The van der Waals surface area contributed by atoms with Crippen molar-refractivity contribution in [2.45, 2.75) is 39.3 Å². The number of hydrogen-bond donors (Lipinski definition) is 0. The second kappa shape index (κ2) is 6.54. The standard InChI is InChI=1S/C18H22N2O3/c1-12-11-22-13(2)10-20(12)17(21)9-16-14(3)23-18(19-16)15-7-5-4-6-8-15/h4-8,12-13H,9-11H2,1-3H3. The summed E-state index contributed by atoms with van der Waals surface area (Å²) in [5.41, 5.74) is 1.63. The first-order valence-corrected chi connectivity index (χ1v) is 7.97. The van der Waals surface area contributed by atoms with Gasteiger partial charge in [0.25, 0.3) is 0 Å². The zero-order chi connectivity index (χ0) is 16.4. The third-order valence-electron chi connectivity index (χ3n) is 4.16. The van der Waals surface area contributed by atoms with Crippen LogP contribution in [0.1, 0.15) is 25.3 Å². The van der Waals surface area contributed by atoms with Crippen molar-refractivity contribution < 1.29 is 13.9 Å². The Hall–Kier alpha value is -2.14. The van der Waals surface area contributed by atoms with Gasteiger partial charge < -0.3 is 14.1 Å². The number of carbonyl (C=O) groups is 1. The van der Waals surface area contributed by atoms with E-state index in [0.717, 1.165) is 5.56 Å². The average molecular weight is 314 g/mol. The lowest BCUT2D eigenvalue weighted by atomic mass is 10.1. The van der Waals surface area contributed by atoms with E-state index in [-0.39, 0.29) is 24.5 Å². The fraction of sp³-hybridized carbons (Fsp3) is 0.444. The summed E-state index contributed by atoms with van der Waals surface area (Å²) in [7, 11) is 0. The lowest BCUT2D eigenvalue weighted by Gasteiger charge is -2.36. The molecule has 0 radical (unpaired) electrons. The minimum atomic E-state index is 0.0728. The number of nitrogens with zero attached hydrogens (tertiary/aromatic N) is 2. The minimum absolute atomic E-state index is 0.0728. The number of benzene rings is 1. The van der Waals surface area contributed by atoms with E-state index in [1.165, 1.54) is 0 Å². The smallest absolute Gasteiger partial charge is 0.229 e. The van der Waals surface area contributed by atoms with Crippen molar-refractivity contribution >= 4 is 5.91 Å². The van der Waals surface area contributed by atoms with Gasteiger partial charge in [-0.25, -0.2) is 4.98 Å². The number of oxazole rings is 1. The Morgan fingerprint density at radius 3 is 2.78 bits per heavy atom. The van der Waals surface area contributed by atoms with Gasteiger partial charge >= 0.3 is 0 Å². The molecule has 2 atom stereocenters. The SMILES string of the molecule is Cc1oc(-c2ccccc2)nc1CC(=O)N1CC(C)OCC1C. The van der Waals surface area contributed by atoms with Crippen LogP contribution in [0.2, 0.25) is 0 Å². The molecule has 5 nitrogen and oxygen atoms in total. The van der Waals surface area contributed by atoms with Crippen molar-refractivity contribution in [3.63, 3.8) is 0 Å². The van der Waals surface area contributed by atoms with Gasteiger partial charge in [-0.05, 0) is 32.9 Å². The molecule has 0 aliphatic carbocycles. The van der Waals surface area contributed by atoms with Crippen LogP contribution in [0.5, 0.6) is 0 Å². The highest BCUT2D eigenvalue weighted by Crippen LogP contribution is 2.22. The number of morpholine rings is 1. The first kappa shape index (κ1) is 15.7. The second-order valence-electron chi connectivity index (χ2n) is 6.10. The van der Waals surface area contributed by atoms with Gasteiger partial charge in [-0.3, -0.25) is 4.79 Å². The molecule has 2 heterocycles. The molecule has 1 aromatic heterocycles. The molecule has 0 bridgehead atoms. The third kappa shape index (κ3) is 3.45. The summed E-state index contributed by atoms with van der Waals surface area (Å²) in [5, 5.41) is 0. The van der Waals surface area contributed by atoms with Crippen LogP contribution in [-0.2, 0) is 16.0 Å². The Labute approximate surface area is 136 Å². The van der Waals surface area contributed by atoms with Gasteiger partial charge in [0.15, 0.2) is 0 Å². The number of aromatic nitrogens is 1. The van der Waals surface area contributed by atoms with Crippen molar-refractivity contribution in [2.24, 2.45) is 0 Å². The molecule has 1 aromatic carbocycles. The van der Waals surface area contributed by atoms with E-state index in [9.17, 15) is 4.79 Å². The molecular formula is C18H22N2O3. The van der Waals surface area contributed by atoms with Crippen molar-refractivity contribution in [2.75, 3.05) is 13.2 Å². The summed E-state index contributed by atoms with van der Waals surface area (Å²) in [4.78, 5) is 19.0. The minimum Gasteiger partial charge on any atom is -0.441 e. The van der Waals surface area contributed by atoms with Gasteiger partial charge in [0.1, 0.15) is 5.76 Å². The van der Waals surface area contributed by atoms with Gasteiger partial charge in [-0.2, -0.15) is 0 Å². The van der Waals surface area contributed by atoms with Crippen molar-refractivity contribution in [1.82, 2.24) is 9.88 Å². The molecule has 1 amide bonds. The molecule has 0 saturated carbocycles. The van der Waals surface area contributed by atoms with Crippen molar-refractivity contribution in [3.05, 3.63) is 41.8 Å². The third-order valence-corrected chi connectivity index (χ3v) is 4.16. The van der Waals surface area contributed by atoms with Crippen LogP contribution >= 0.6 is 0 Å². The number of hydrogen-bond acceptors (Lipinski definition) is 4. The topological polar surface area (TPSA) is 55.6 Å². The van der Waals surface area contributed by atoms with Crippen LogP contribution in [0.25, 0.3) is 11.5 Å². The van der Waals surface area contributed by atoms with E-state index in [2.05, 4.69) is 4.98 Å². The normalized spacial score (nSPS) is 21.4. The Morgan fingerprint density at radius 2 is 2.04 bits per heavy atom. The highest BCUT2D eigenvalue weighted by atomic mass is 16.5.